The van der Waals surface area contributed by atoms with Crippen molar-refractivity contribution < 1.29 is 9.90 Å². The SMILES string of the molecule is O=C(NCc1cccc2cccnc12)[C@H]1C[C@@H](O)CN1. The van der Waals surface area contributed by atoms with Gasteiger partial charge in [0.25, 0.3) is 0 Å². The first-order valence-corrected chi connectivity index (χ1v) is 6.76. The molecule has 3 N–H and O–H groups in total. The Kier molecular flexibility index (Phi) is 3.62. The van der Waals surface area contributed by atoms with Gasteiger partial charge in [0, 0.05) is 24.7 Å². The fraction of sp³-hybridized carbons (Fsp3) is 0.333. The van der Waals surface area contributed by atoms with Gasteiger partial charge in [0.05, 0.1) is 17.7 Å². The smallest absolute Gasteiger partial charge is 0.237 e. The number of β-amino-alcohol motifs (C(OH)–C–C–N with tert-alkyl or cyclic N) is 1. The number of carbonyl (C=O) groups is 1. The number of benzene rings is 1. The molecule has 104 valence electrons. The maximum absolute atomic E-state index is 12.0. The molecule has 1 aromatic carbocycles. The topological polar surface area (TPSA) is 74.2 Å². The minimum absolute atomic E-state index is 0.0746. The molecule has 0 unspecified atom stereocenters. The molecule has 2 heterocycles. The summed E-state index contributed by atoms with van der Waals surface area (Å²) in [6, 6.07) is 9.53. The van der Waals surface area contributed by atoms with Crippen LogP contribution >= 0.6 is 0 Å². The summed E-state index contributed by atoms with van der Waals surface area (Å²) in [6.07, 6.45) is 1.80. The molecule has 3 rings (SSSR count). The number of hydrogen-bond acceptors (Lipinski definition) is 4. The van der Waals surface area contributed by atoms with Crippen LogP contribution in [0.3, 0.4) is 0 Å². The second kappa shape index (κ2) is 5.56. The van der Waals surface area contributed by atoms with Crippen LogP contribution in [0.15, 0.2) is 36.5 Å². The van der Waals surface area contributed by atoms with E-state index >= 15 is 0 Å². The fourth-order valence-electron chi connectivity index (χ4n) is 2.53. The largest absolute Gasteiger partial charge is 0.392 e. The number of amides is 1. The molecule has 5 nitrogen and oxygen atoms in total. The molecule has 1 saturated heterocycles. The summed E-state index contributed by atoms with van der Waals surface area (Å²) in [4.78, 5) is 16.4. The number of aromatic nitrogens is 1. The normalized spacial score (nSPS) is 22.1. The maximum Gasteiger partial charge on any atom is 0.237 e. The average molecular weight is 271 g/mol. The van der Waals surface area contributed by atoms with Crippen LogP contribution in [0, 0.1) is 0 Å². The van der Waals surface area contributed by atoms with Crippen molar-refractivity contribution in [1.29, 1.82) is 0 Å². The molecule has 1 aliphatic heterocycles. The van der Waals surface area contributed by atoms with Gasteiger partial charge in [-0.05, 0) is 18.1 Å². The fourth-order valence-corrected chi connectivity index (χ4v) is 2.53. The summed E-state index contributed by atoms with van der Waals surface area (Å²) in [5, 5.41) is 16.4. The first kappa shape index (κ1) is 13.0. The van der Waals surface area contributed by atoms with Crippen LogP contribution in [-0.2, 0) is 11.3 Å². The molecule has 1 fully saturated rings. The van der Waals surface area contributed by atoms with Gasteiger partial charge in [0.2, 0.25) is 5.91 Å². The molecular weight excluding hydrogens is 254 g/mol. The third-order valence-corrected chi connectivity index (χ3v) is 3.59. The van der Waals surface area contributed by atoms with E-state index in [1.807, 2.05) is 30.3 Å². The zero-order chi connectivity index (χ0) is 13.9. The highest BCUT2D eigenvalue weighted by atomic mass is 16.3. The van der Waals surface area contributed by atoms with Crippen molar-refractivity contribution in [2.45, 2.75) is 25.1 Å². The van der Waals surface area contributed by atoms with Crippen LogP contribution in [-0.4, -0.2) is 34.7 Å². The van der Waals surface area contributed by atoms with Crippen LogP contribution in [0.1, 0.15) is 12.0 Å². The Labute approximate surface area is 117 Å². The third-order valence-electron chi connectivity index (χ3n) is 3.59. The first-order chi connectivity index (χ1) is 9.74. The van der Waals surface area contributed by atoms with Crippen molar-refractivity contribution in [2.75, 3.05) is 6.54 Å². The predicted octanol–water partition coefficient (Wildman–Crippen LogP) is 0.574. The third kappa shape index (κ3) is 2.64. The Morgan fingerprint density at radius 2 is 2.25 bits per heavy atom. The number of pyridine rings is 1. The molecule has 5 heteroatoms. The van der Waals surface area contributed by atoms with E-state index < -0.39 is 6.10 Å². The molecule has 1 aromatic heterocycles. The van der Waals surface area contributed by atoms with Gasteiger partial charge in [-0.1, -0.05) is 24.3 Å². The van der Waals surface area contributed by atoms with Gasteiger partial charge in [-0.2, -0.15) is 0 Å². The second-order valence-electron chi connectivity index (χ2n) is 5.06. The summed E-state index contributed by atoms with van der Waals surface area (Å²) in [6.45, 7) is 0.926. The summed E-state index contributed by atoms with van der Waals surface area (Å²) in [5.41, 5.74) is 1.91. The monoisotopic (exact) mass is 271 g/mol. The highest BCUT2D eigenvalue weighted by molar-refractivity contribution is 5.84. The van der Waals surface area contributed by atoms with E-state index in [1.54, 1.807) is 6.20 Å². The number of fused-ring (bicyclic) bond motifs is 1. The number of nitrogens with one attached hydrogen (secondary N) is 2. The Balaban J connectivity index is 1.69. The van der Waals surface area contributed by atoms with Crippen LogP contribution in [0.2, 0.25) is 0 Å². The molecule has 20 heavy (non-hydrogen) atoms. The van der Waals surface area contributed by atoms with Gasteiger partial charge < -0.3 is 15.7 Å². The van der Waals surface area contributed by atoms with E-state index in [-0.39, 0.29) is 11.9 Å². The molecular formula is C15H17N3O2. The molecule has 0 saturated carbocycles. The summed E-state index contributed by atoms with van der Waals surface area (Å²) >= 11 is 0. The highest BCUT2D eigenvalue weighted by Crippen LogP contribution is 2.15. The van der Waals surface area contributed by atoms with Crippen molar-refractivity contribution in [2.24, 2.45) is 0 Å². The van der Waals surface area contributed by atoms with Crippen LogP contribution in [0.25, 0.3) is 10.9 Å². The van der Waals surface area contributed by atoms with Crippen molar-refractivity contribution in [3.05, 3.63) is 42.1 Å². The number of carbonyl (C=O) groups excluding carboxylic acids is 1. The summed E-state index contributed by atoms with van der Waals surface area (Å²) in [5.74, 6) is -0.0746. The molecule has 0 aliphatic carbocycles. The average Bonchev–Trinajstić information content (AvgIpc) is 2.91. The molecule has 0 radical (unpaired) electrons. The Bertz CT molecular complexity index is 624. The Morgan fingerprint density at radius 3 is 3.05 bits per heavy atom. The zero-order valence-electron chi connectivity index (χ0n) is 11.0. The van der Waals surface area contributed by atoms with Crippen molar-refractivity contribution in [3.8, 4) is 0 Å². The zero-order valence-corrected chi connectivity index (χ0v) is 11.0. The second-order valence-corrected chi connectivity index (χ2v) is 5.06. The van der Waals surface area contributed by atoms with E-state index in [0.29, 0.717) is 19.5 Å². The lowest BCUT2D eigenvalue weighted by Crippen LogP contribution is -2.40. The minimum atomic E-state index is -0.426. The van der Waals surface area contributed by atoms with Gasteiger partial charge in [-0.25, -0.2) is 0 Å². The van der Waals surface area contributed by atoms with Gasteiger partial charge >= 0.3 is 0 Å². The van der Waals surface area contributed by atoms with E-state index in [9.17, 15) is 9.90 Å². The molecule has 2 atom stereocenters. The van der Waals surface area contributed by atoms with E-state index in [2.05, 4.69) is 15.6 Å². The van der Waals surface area contributed by atoms with Gasteiger partial charge in [-0.15, -0.1) is 0 Å². The van der Waals surface area contributed by atoms with Crippen LogP contribution in [0.4, 0.5) is 0 Å². The van der Waals surface area contributed by atoms with Crippen molar-refractivity contribution in [1.82, 2.24) is 15.6 Å². The molecule has 0 bridgehead atoms. The van der Waals surface area contributed by atoms with E-state index in [4.69, 9.17) is 0 Å². The van der Waals surface area contributed by atoms with E-state index in [1.165, 1.54) is 0 Å². The lowest BCUT2D eigenvalue weighted by molar-refractivity contribution is -0.123. The lowest BCUT2D eigenvalue weighted by atomic mass is 10.1. The molecule has 1 amide bonds. The number of para-hydroxylation sites is 1. The Morgan fingerprint density at radius 1 is 1.40 bits per heavy atom. The number of aliphatic hydroxyl groups excluding tert-OH is 1. The predicted molar refractivity (Wildman–Crippen MR) is 76.0 cm³/mol. The lowest BCUT2D eigenvalue weighted by Gasteiger charge is -2.12. The van der Waals surface area contributed by atoms with Crippen molar-refractivity contribution >= 4 is 16.8 Å². The minimum Gasteiger partial charge on any atom is -0.392 e. The number of hydrogen-bond donors (Lipinski definition) is 3. The summed E-state index contributed by atoms with van der Waals surface area (Å²) in [7, 11) is 0. The van der Waals surface area contributed by atoms with Crippen LogP contribution < -0.4 is 10.6 Å². The quantitative estimate of drug-likeness (QED) is 0.763. The van der Waals surface area contributed by atoms with E-state index in [0.717, 1.165) is 16.5 Å². The van der Waals surface area contributed by atoms with Gasteiger partial charge in [-0.3, -0.25) is 9.78 Å². The molecule has 2 aromatic rings. The van der Waals surface area contributed by atoms with Gasteiger partial charge in [0.1, 0.15) is 0 Å². The molecule has 1 aliphatic rings. The first-order valence-electron chi connectivity index (χ1n) is 6.76. The Hall–Kier alpha value is -1.98. The number of rotatable bonds is 3. The standard InChI is InChI=1S/C15H17N3O2/c19-12-7-13(17-9-12)15(20)18-8-11-4-1-3-10-5-2-6-16-14(10)11/h1-6,12-13,17,19H,7-9H2,(H,18,20)/t12-,13-/m1/s1. The van der Waals surface area contributed by atoms with Gasteiger partial charge in [0.15, 0.2) is 0 Å². The van der Waals surface area contributed by atoms with Crippen molar-refractivity contribution in [3.63, 3.8) is 0 Å². The number of nitrogens with zero attached hydrogens (tertiary/aromatic N) is 1. The number of aliphatic hydroxyl groups is 1. The molecule has 0 spiro atoms. The highest BCUT2D eigenvalue weighted by Gasteiger charge is 2.27. The maximum atomic E-state index is 12.0. The summed E-state index contributed by atoms with van der Waals surface area (Å²) < 4.78 is 0. The van der Waals surface area contributed by atoms with Crippen LogP contribution in [0.5, 0.6) is 0 Å².